The van der Waals surface area contributed by atoms with E-state index in [4.69, 9.17) is 9.84 Å². The Kier molecular flexibility index (Phi) is 3.52. The van der Waals surface area contributed by atoms with E-state index in [1.807, 2.05) is 0 Å². The second-order valence-corrected chi connectivity index (χ2v) is 3.97. The molecule has 0 saturated heterocycles. The number of aromatic nitrogens is 1. The molecule has 0 amide bonds. The van der Waals surface area contributed by atoms with Crippen molar-refractivity contribution < 1.29 is 27.8 Å². The second kappa shape index (κ2) is 4.99. The molecule has 0 aliphatic carbocycles. The van der Waals surface area contributed by atoms with Gasteiger partial charge in [0.1, 0.15) is 5.75 Å². The van der Waals surface area contributed by atoms with E-state index >= 15 is 0 Å². The molecule has 0 aliphatic rings. The first-order chi connectivity index (χ1) is 9.32. The maximum absolute atomic E-state index is 12.7. The van der Waals surface area contributed by atoms with E-state index in [-0.39, 0.29) is 29.0 Å². The summed E-state index contributed by atoms with van der Waals surface area (Å²) < 4.78 is 43.3. The van der Waals surface area contributed by atoms with Gasteiger partial charge >= 0.3 is 12.1 Å². The molecule has 0 radical (unpaired) electrons. The lowest BCUT2D eigenvalue weighted by Crippen LogP contribution is -2.06. The van der Waals surface area contributed by atoms with Gasteiger partial charge in [0.05, 0.1) is 17.7 Å². The molecule has 0 saturated carbocycles. The molecule has 106 valence electrons. The number of carbonyl (C=O) groups is 1. The van der Waals surface area contributed by atoms with E-state index in [0.29, 0.717) is 0 Å². The minimum absolute atomic E-state index is 0.0704. The molecule has 0 aliphatic heterocycles. The van der Waals surface area contributed by atoms with Gasteiger partial charge < -0.3 is 9.84 Å². The SMILES string of the molecule is CCOc1cc(C(=O)O)nc2ccc(C(F)(F)F)cc12. The molecule has 0 unspecified atom stereocenters. The molecule has 4 nitrogen and oxygen atoms in total. The van der Waals surface area contributed by atoms with E-state index in [1.54, 1.807) is 6.92 Å². The molecular weight excluding hydrogens is 275 g/mol. The summed E-state index contributed by atoms with van der Waals surface area (Å²) in [6.07, 6.45) is -4.48. The zero-order valence-electron chi connectivity index (χ0n) is 10.4. The fourth-order valence-electron chi connectivity index (χ4n) is 1.76. The van der Waals surface area contributed by atoms with E-state index in [9.17, 15) is 18.0 Å². The highest BCUT2D eigenvalue weighted by Crippen LogP contribution is 2.34. The number of hydrogen-bond acceptors (Lipinski definition) is 3. The Labute approximate surface area is 111 Å². The summed E-state index contributed by atoms with van der Waals surface area (Å²) >= 11 is 0. The molecular formula is C13H10F3NO3. The van der Waals surface area contributed by atoms with Crippen LogP contribution in [0.15, 0.2) is 24.3 Å². The van der Waals surface area contributed by atoms with Crippen molar-refractivity contribution in [2.24, 2.45) is 0 Å². The molecule has 1 aromatic carbocycles. The molecule has 20 heavy (non-hydrogen) atoms. The largest absolute Gasteiger partial charge is 0.493 e. The first-order valence-corrected chi connectivity index (χ1v) is 5.71. The summed E-state index contributed by atoms with van der Waals surface area (Å²) in [6.45, 7) is 1.86. The molecule has 0 fully saturated rings. The standard InChI is InChI=1S/C13H10F3NO3/c1-2-20-11-6-10(12(18)19)17-9-4-3-7(5-8(9)11)13(14,15)16/h3-6H,2H2,1H3,(H,18,19). The van der Waals surface area contributed by atoms with Crippen LogP contribution in [0.5, 0.6) is 5.75 Å². The average molecular weight is 285 g/mol. The molecule has 0 spiro atoms. The van der Waals surface area contributed by atoms with Crippen LogP contribution >= 0.6 is 0 Å². The Hall–Kier alpha value is -2.31. The first kappa shape index (κ1) is 14.1. The summed E-state index contributed by atoms with van der Waals surface area (Å²) in [7, 11) is 0. The predicted molar refractivity (Wildman–Crippen MR) is 64.9 cm³/mol. The van der Waals surface area contributed by atoms with Crippen molar-refractivity contribution in [3.05, 3.63) is 35.5 Å². The van der Waals surface area contributed by atoms with Crippen molar-refractivity contribution in [3.63, 3.8) is 0 Å². The third-order valence-corrected chi connectivity index (χ3v) is 2.62. The number of ether oxygens (including phenoxy) is 1. The number of aromatic carboxylic acids is 1. The molecule has 0 atom stereocenters. The molecule has 1 aromatic heterocycles. The number of carboxylic acid groups (broad SMARTS) is 1. The van der Waals surface area contributed by atoms with E-state index < -0.39 is 17.7 Å². The number of nitrogens with zero attached hydrogens (tertiary/aromatic N) is 1. The molecule has 7 heteroatoms. The Bertz CT molecular complexity index is 668. The van der Waals surface area contributed by atoms with Crippen molar-refractivity contribution >= 4 is 16.9 Å². The van der Waals surface area contributed by atoms with Gasteiger partial charge in [0.15, 0.2) is 5.69 Å². The highest BCUT2D eigenvalue weighted by Gasteiger charge is 2.31. The fourth-order valence-corrected chi connectivity index (χ4v) is 1.76. The normalized spacial score (nSPS) is 11.6. The van der Waals surface area contributed by atoms with Gasteiger partial charge in [-0.2, -0.15) is 13.2 Å². The van der Waals surface area contributed by atoms with Crippen LogP contribution in [-0.2, 0) is 6.18 Å². The number of hydrogen-bond donors (Lipinski definition) is 1. The summed E-state index contributed by atoms with van der Waals surface area (Å²) in [5.41, 5.74) is -0.974. The summed E-state index contributed by atoms with van der Waals surface area (Å²) in [6, 6.07) is 4.01. The van der Waals surface area contributed by atoms with Gasteiger partial charge in [-0.3, -0.25) is 0 Å². The molecule has 0 bridgehead atoms. The zero-order chi connectivity index (χ0) is 14.9. The third-order valence-electron chi connectivity index (χ3n) is 2.62. The average Bonchev–Trinajstić information content (AvgIpc) is 2.37. The highest BCUT2D eigenvalue weighted by molar-refractivity contribution is 5.93. The van der Waals surface area contributed by atoms with Crippen LogP contribution in [0.2, 0.25) is 0 Å². The summed E-state index contributed by atoms with van der Waals surface area (Å²) in [5, 5.41) is 9.05. The maximum atomic E-state index is 12.7. The van der Waals surface area contributed by atoms with Gasteiger partial charge in [0, 0.05) is 11.5 Å². The van der Waals surface area contributed by atoms with Crippen molar-refractivity contribution in [1.29, 1.82) is 0 Å². The zero-order valence-corrected chi connectivity index (χ0v) is 10.4. The van der Waals surface area contributed by atoms with Crippen LogP contribution in [0, 0.1) is 0 Å². The number of rotatable bonds is 3. The van der Waals surface area contributed by atoms with E-state index in [0.717, 1.165) is 24.3 Å². The van der Waals surface area contributed by atoms with Gasteiger partial charge in [0.2, 0.25) is 0 Å². The molecule has 2 aromatic rings. The quantitative estimate of drug-likeness (QED) is 0.939. The van der Waals surface area contributed by atoms with Crippen LogP contribution in [-0.4, -0.2) is 22.7 Å². The Balaban J connectivity index is 2.70. The minimum atomic E-state index is -4.48. The number of halogens is 3. The van der Waals surface area contributed by atoms with Crippen LogP contribution in [0.25, 0.3) is 10.9 Å². The smallest absolute Gasteiger partial charge is 0.416 e. The van der Waals surface area contributed by atoms with E-state index in [2.05, 4.69) is 4.98 Å². The minimum Gasteiger partial charge on any atom is -0.493 e. The monoisotopic (exact) mass is 285 g/mol. The predicted octanol–water partition coefficient (Wildman–Crippen LogP) is 3.35. The Morgan fingerprint density at radius 1 is 1.35 bits per heavy atom. The number of fused-ring (bicyclic) bond motifs is 1. The van der Waals surface area contributed by atoms with Crippen molar-refractivity contribution in [2.75, 3.05) is 6.61 Å². The molecule has 1 N–H and O–H groups in total. The third kappa shape index (κ3) is 2.66. The first-order valence-electron chi connectivity index (χ1n) is 5.71. The van der Waals surface area contributed by atoms with Gasteiger partial charge in [-0.15, -0.1) is 0 Å². The van der Waals surface area contributed by atoms with Crippen LogP contribution in [0.3, 0.4) is 0 Å². The second-order valence-electron chi connectivity index (χ2n) is 3.97. The van der Waals surface area contributed by atoms with Crippen molar-refractivity contribution in [2.45, 2.75) is 13.1 Å². The van der Waals surface area contributed by atoms with Gasteiger partial charge in [0.25, 0.3) is 0 Å². The van der Waals surface area contributed by atoms with Crippen LogP contribution < -0.4 is 4.74 Å². The summed E-state index contributed by atoms with van der Waals surface area (Å²) in [5.74, 6) is -1.20. The van der Waals surface area contributed by atoms with Crippen molar-refractivity contribution in [1.82, 2.24) is 4.98 Å². The number of benzene rings is 1. The number of alkyl halides is 3. The van der Waals surface area contributed by atoms with Crippen molar-refractivity contribution in [3.8, 4) is 5.75 Å². The molecule has 1 heterocycles. The number of pyridine rings is 1. The van der Waals surface area contributed by atoms with Crippen LogP contribution in [0.4, 0.5) is 13.2 Å². The highest BCUT2D eigenvalue weighted by atomic mass is 19.4. The van der Waals surface area contributed by atoms with Crippen LogP contribution in [0.1, 0.15) is 23.0 Å². The van der Waals surface area contributed by atoms with Gasteiger partial charge in [-0.25, -0.2) is 9.78 Å². The van der Waals surface area contributed by atoms with E-state index in [1.165, 1.54) is 0 Å². The fraction of sp³-hybridized carbons (Fsp3) is 0.231. The molecule has 2 rings (SSSR count). The topological polar surface area (TPSA) is 59.4 Å². The Morgan fingerprint density at radius 3 is 2.60 bits per heavy atom. The van der Waals surface area contributed by atoms with Gasteiger partial charge in [-0.1, -0.05) is 0 Å². The Morgan fingerprint density at radius 2 is 2.05 bits per heavy atom. The lowest BCUT2D eigenvalue weighted by Gasteiger charge is -2.11. The lowest BCUT2D eigenvalue weighted by atomic mass is 10.1. The number of carboxylic acids is 1. The van der Waals surface area contributed by atoms with Gasteiger partial charge in [-0.05, 0) is 25.1 Å². The lowest BCUT2D eigenvalue weighted by molar-refractivity contribution is -0.137. The maximum Gasteiger partial charge on any atom is 0.416 e. The summed E-state index contributed by atoms with van der Waals surface area (Å²) in [4.78, 5) is 14.7.